The lowest BCUT2D eigenvalue weighted by atomic mass is 10.3. The predicted octanol–water partition coefficient (Wildman–Crippen LogP) is 1.57. The molecule has 1 aliphatic heterocycles. The van der Waals surface area contributed by atoms with Crippen molar-refractivity contribution < 1.29 is 14.7 Å². The van der Waals surface area contributed by atoms with Crippen LogP contribution >= 0.6 is 11.8 Å². The minimum absolute atomic E-state index is 0.683. The van der Waals surface area contributed by atoms with Gasteiger partial charge in [-0.2, -0.15) is 0 Å². The molecule has 0 aromatic heterocycles. The van der Waals surface area contributed by atoms with E-state index in [0.29, 0.717) is 0 Å². The van der Waals surface area contributed by atoms with Gasteiger partial charge in [0.05, 0.1) is 12.8 Å². The summed E-state index contributed by atoms with van der Waals surface area (Å²) in [5.74, 6) is -0.895. The average molecular weight is 211 g/mol. The third-order valence-electron chi connectivity index (χ3n) is 1.96. The molecule has 0 aliphatic carbocycles. The number of hydroxylamine groups is 1. The topological polar surface area (TPSA) is 49.8 Å². The first kappa shape index (κ1) is 9.36. The van der Waals surface area contributed by atoms with Crippen LogP contribution in [0.25, 0.3) is 0 Å². The van der Waals surface area contributed by atoms with E-state index in [4.69, 9.17) is 9.94 Å². The lowest BCUT2D eigenvalue weighted by Gasteiger charge is -2.19. The number of carboxylic acids is 1. The van der Waals surface area contributed by atoms with Crippen LogP contribution in [-0.2, 0) is 9.63 Å². The fourth-order valence-corrected chi connectivity index (χ4v) is 2.45. The molecule has 74 valence electrons. The highest BCUT2D eigenvalue weighted by Crippen LogP contribution is 2.42. The summed E-state index contributed by atoms with van der Waals surface area (Å²) in [6, 6.07) is 7.46. The largest absolute Gasteiger partial charge is 0.479 e. The Labute approximate surface area is 85.4 Å². The van der Waals surface area contributed by atoms with Gasteiger partial charge >= 0.3 is 5.97 Å². The molecule has 1 unspecified atom stereocenters. The second-order valence-electron chi connectivity index (χ2n) is 2.78. The van der Waals surface area contributed by atoms with Crippen molar-refractivity contribution in [3.8, 4) is 0 Å². The Bertz CT molecular complexity index is 369. The van der Waals surface area contributed by atoms with Crippen LogP contribution in [0.5, 0.6) is 0 Å². The highest BCUT2D eigenvalue weighted by molar-refractivity contribution is 8.01. The number of nitrogens with zero attached hydrogens (tertiary/aromatic N) is 1. The molecule has 14 heavy (non-hydrogen) atoms. The van der Waals surface area contributed by atoms with E-state index in [1.54, 1.807) is 0 Å². The van der Waals surface area contributed by atoms with Gasteiger partial charge in [-0.15, -0.1) is 0 Å². The first-order chi connectivity index (χ1) is 6.74. The van der Waals surface area contributed by atoms with E-state index in [1.807, 2.05) is 24.3 Å². The second kappa shape index (κ2) is 3.51. The molecule has 0 amide bonds. The van der Waals surface area contributed by atoms with Gasteiger partial charge in [0.15, 0.2) is 0 Å². The van der Waals surface area contributed by atoms with Crippen LogP contribution in [0.15, 0.2) is 29.2 Å². The lowest BCUT2D eigenvalue weighted by Crippen LogP contribution is -2.34. The molecule has 1 N–H and O–H groups in total. The molecular weight excluding hydrogens is 202 g/mol. The van der Waals surface area contributed by atoms with Crippen molar-refractivity contribution >= 4 is 23.4 Å². The minimum Gasteiger partial charge on any atom is -0.479 e. The van der Waals surface area contributed by atoms with Crippen LogP contribution in [0.2, 0.25) is 0 Å². The van der Waals surface area contributed by atoms with Crippen molar-refractivity contribution in [2.24, 2.45) is 0 Å². The van der Waals surface area contributed by atoms with E-state index >= 15 is 0 Å². The number of carbonyl (C=O) groups is 1. The van der Waals surface area contributed by atoms with E-state index in [2.05, 4.69) is 0 Å². The number of para-hydroxylation sites is 1. The zero-order chi connectivity index (χ0) is 10.1. The molecule has 1 aromatic rings. The Morgan fingerprint density at radius 2 is 2.29 bits per heavy atom. The van der Waals surface area contributed by atoms with Gasteiger partial charge in [0.1, 0.15) is 0 Å². The molecule has 0 fully saturated rings. The maximum atomic E-state index is 10.9. The number of fused-ring (bicyclic) bond motifs is 1. The fourth-order valence-electron chi connectivity index (χ4n) is 1.38. The molecular formula is C9H9NO3S. The molecule has 0 radical (unpaired) electrons. The number of hydrogen-bond donors (Lipinski definition) is 1. The lowest BCUT2D eigenvalue weighted by molar-refractivity contribution is -0.137. The van der Waals surface area contributed by atoms with Gasteiger partial charge in [-0.3, -0.25) is 4.84 Å². The summed E-state index contributed by atoms with van der Waals surface area (Å²) in [5.41, 5.74) is 0.812. The van der Waals surface area contributed by atoms with Crippen LogP contribution < -0.4 is 5.06 Å². The Kier molecular flexibility index (Phi) is 2.35. The highest BCUT2D eigenvalue weighted by Gasteiger charge is 2.35. The van der Waals surface area contributed by atoms with Gasteiger partial charge < -0.3 is 5.11 Å². The van der Waals surface area contributed by atoms with Crippen LogP contribution in [0.3, 0.4) is 0 Å². The molecule has 5 heteroatoms. The summed E-state index contributed by atoms with van der Waals surface area (Å²) in [6.07, 6.45) is 0. The number of hydrogen-bond acceptors (Lipinski definition) is 4. The predicted molar refractivity (Wildman–Crippen MR) is 53.2 cm³/mol. The maximum absolute atomic E-state index is 10.9. The fraction of sp³-hybridized carbons (Fsp3) is 0.222. The quantitative estimate of drug-likeness (QED) is 0.804. The van der Waals surface area contributed by atoms with Gasteiger partial charge in [0, 0.05) is 4.90 Å². The van der Waals surface area contributed by atoms with Crippen molar-refractivity contribution in [1.82, 2.24) is 0 Å². The van der Waals surface area contributed by atoms with E-state index < -0.39 is 11.3 Å². The van der Waals surface area contributed by atoms with E-state index in [9.17, 15) is 4.79 Å². The maximum Gasteiger partial charge on any atom is 0.339 e. The molecule has 0 spiro atoms. The molecule has 1 heterocycles. The van der Waals surface area contributed by atoms with E-state index in [1.165, 1.54) is 23.9 Å². The average Bonchev–Trinajstić information content (AvgIpc) is 2.56. The van der Waals surface area contributed by atoms with Crippen molar-refractivity contribution in [2.45, 2.75) is 10.3 Å². The van der Waals surface area contributed by atoms with Gasteiger partial charge in [-0.25, -0.2) is 9.86 Å². The summed E-state index contributed by atoms with van der Waals surface area (Å²) >= 11 is 1.28. The number of aliphatic carboxylic acids is 1. The summed E-state index contributed by atoms with van der Waals surface area (Å²) in [7, 11) is 1.47. The molecule has 2 rings (SSSR count). The zero-order valence-corrected chi connectivity index (χ0v) is 8.32. The third kappa shape index (κ3) is 1.34. The van der Waals surface area contributed by atoms with Crippen molar-refractivity contribution in [2.75, 3.05) is 12.2 Å². The SMILES string of the molecule is CON1c2ccccc2SC1C(=O)O. The Balaban J connectivity index is 2.38. The Hall–Kier alpha value is -1.20. The molecule has 0 bridgehead atoms. The normalized spacial score (nSPS) is 19.5. The van der Waals surface area contributed by atoms with E-state index in [-0.39, 0.29) is 0 Å². The summed E-state index contributed by atoms with van der Waals surface area (Å²) in [4.78, 5) is 16.9. The van der Waals surface area contributed by atoms with Crippen molar-refractivity contribution in [3.63, 3.8) is 0 Å². The minimum atomic E-state index is -0.895. The zero-order valence-electron chi connectivity index (χ0n) is 7.51. The smallest absolute Gasteiger partial charge is 0.339 e. The van der Waals surface area contributed by atoms with Crippen LogP contribution in [-0.4, -0.2) is 23.6 Å². The van der Waals surface area contributed by atoms with Gasteiger partial charge in [0.2, 0.25) is 5.37 Å². The van der Waals surface area contributed by atoms with E-state index in [0.717, 1.165) is 10.6 Å². The van der Waals surface area contributed by atoms with Gasteiger partial charge in [0.25, 0.3) is 0 Å². The summed E-state index contributed by atoms with van der Waals surface area (Å²) < 4.78 is 0. The Morgan fingerprint density at radius 3 is 2.93 bits per heavy atom. The number of anilines is 1. The Morgan fingerprint density at radius 1 is 1.57 bits per heavy atom. The first-order valence-corrected chi connectivity index (χ1v) is 4.94. The molecule has 1 aliphatic rings. The molecule has 0 saturated heterocycles. The number of rotatable bonds is 2. The van der Waals surface area contributed by atoms with Crippen LogP contribution in [0.1, 0.15) is 0 Å². The molecule has 0 saturated carbocycles. The monoisotopic (exact) mass is 211 g/mol. The van der Waals surface area contributed by atoms with Gasteiger partial charge in [-0.1, -0.05) is 23.9 Å². The summed E-state index contributed by atoms with van der Waals surface area (Å²) in [6.45, 7) is 0. The number of thioether (sulfide) groups is 1. The van der Waals surface area contributed by atoms with Crippen LogP contribution in [0, 0.1) is 0 Å². The highest BCUT2D eigenvalue weighted by atomic mass is 32.2. The molecule has 4 nitrogen and oxygen atoms in total. The van der Waals surface area contributed by atoms with Gasteiger partial charge in [-0.05, 0) is 12.1 Å². The summed E-state index contributed by atoms with van der Waals surface area (Å²) in [5, 5.41) is 9.67. The standard InChI is InChI=1S/C9H9NO3S/c1-13-10-6-4-2-3-5-7(6)14-8(10)9(11)12/h2-5,8H,1H3,(H,11,12). The third-order valence-corrected chi connectivity index (χ3v) is 3.18. The van der Waals surface area contributed by atoms with Crippen LogP contribution in [0.4, 0.5) is 5.69 Å². The van der Waals surface area contributed by atoms with Crippen molar-refractivity contribution in [1.29, 1.82) is 0 Å². The molecule has 1 aromatic carbocycles. The molecule has 1 atom stereocenters. The first-order valence-electron chi connectivity index (χ1n) is 4.06. The number of carboxylic acid groups (broad SMARTS) is 1. The van der Waals surface area contributed by atoms with Crippen molar-refractivity contribution in [3.05, 3.63) is 24.3 Å². The number of benzene rings is 1. The second-order valence-corrected chi connectivity index (χ2v) is 3.91.